The zero-order valence-corrected chi connectivity index (χ0v) is 16.5. The predicted molar refractivity (Wildman–Crippen MR) is 84.2 cm³/mol. The molecule has 1 aromatic heterocycles. The smallest absolute Gasteiger partial charge is 0.344 e. The van der Waals surface area contributed by atoms with Crippen molar-refractivity contribution in [2.24, 2.45) is 0 Å². The fraction of sp³-hybridized carbons (Fsp3) is 0.643. The Bertz CT molecular complexity index is 884. The highest BCUT2D eigenvalue weighted by Crippen LogP contribution is 2.58. The summed E-state index contributed by atoms with van der Waals surface area (Å²) >= 11 is 0.105. The molecule has 32 heavy (non-hydrogen) atoms. The lowest BCUT2D eigenvalue weighted by Gasteiger charge is -2.38. The van der Waals surface area contributed by atoms with Crippen molar-refractivity contribution in [1.82, 2.24) is 9.88 Å². The molecule has 2 amide bonds. The Morgan fingerprint density at radius 1 is 0.906 bits per heavy atom. The second-order valence-corrected chi connectivity index (χ2v) is 7.31. The van der Waals surface area contributed by atoms with Crippen LogP contribution in [0.5, 0.6) is 0 Å². The van der Waals surface area contributed by atoms with E-state index < -0.39 is 53.0 Å². The number of rotatable bonds is 8. The number of halogens is 12. The number of hydrogen-bond donors (Lipinski definition) is 1. The fourth-order valence-electron chi connectivity index (χ4n) is 1.91. The highest BCUT2D eigenvalue weighted by Gasteiger charge is 2.89. The molecule has 0 saturated heterocycles. The van der Waals surface area contributed by atoms with Crippen LogP contribution in [0.1, 0.15) is 15.4 Å². The first-order valence-electron chi connectivity index (χ1n) is 7.75. The lowest BCUT2D eigenvalue weighted by molar-refractivity contribution is -0.406. The Labute approximate surface area is 174 Å². The van der Waals surface area contributed by atoms with E-state index in [-0.39, 0.29) is 21.9 Å². The molecule has 0 fully saturated rings. The van der Waals surface area contributed by atoms with E-state index >= 15 is 0 Å². The van der Waals surface area contributed by atoms with Crippen LogP contribution >= 0.6 is 11.3 Å². The van der Waals surface area contributed by atoms with Crippen molar-refractivity contribution in [2.75, 3.05) is 19.4 Å². The third-order valence-electron chi connectivity index (χ3n) is 3.78. The van der Waals surface area contributed by atoms with Gasteiger partial charge in [-0.15, -0.1) is 0 Å². The van der Waals surface area contributed by atoms with Gasteiger partial charge in [-0.25, -0.2) is 13.8 Å². The lowest BCUT2D eigenvalue weighted by Crippen LogP contribution is -2.70. The van der Waals surface area contributed by atoms with E-state index in [4.69, 9.17) is 0 Å². The molecule has 0 bridgehead atoms. The van der Waals surface area contributed by atoms with Gasteiger partial charge in [0.2, 0.25) is 0 Å². The third kappa shape index (κ3) is 4.07. The van der Waals surface area contributed by atoms with E-state index in [1.165, 1.54) is 14.1 Å². The fourth-order valence-corrected chi connectivity index (χ4v) is 2.89. The zero-order chi connectivity index (χ0) is 25.7. The maximum atomic E-state index is 13.8. The SMILES string of the molecule is Cc1nc(NC(=O)C(F)(F)C(F)(F)C(F)(F)C(F)(F)C(F)(F)C(F)F)sc1C(=O)N(C)C. The monoisotopic (exact) mass is 513 g/mol. The Balaban J connectivity index is 3.35. The quantitative estimate of drug-likeness (QED) is 0.520. The molecule has 0 radical (unpaired) electrons. The molecule has 0 aromatic carbocycles. The minimum absolute atomic E-state index is 0.105. The Kier molecular flexibility index (Phi) is 7.16. The van der Waals surface area contributed by atoms with Crippen molar-refractivity contribution in [2.45, 2.75) is 43.0 Å². The number of alkyl halides is 12. The van der Waals surface area contributed by atoms with Crippen LogP contribution in [-0.2, 0) is 4.79 Å². The summed E-state index contributed by atoms with van der Waals surface area (Å²) < 4.78 is 158. The van der Waals surface area contributed by atoms with Crippen molar-refractivity contribution in [3.05, 3.63) is 10.6 Å². The topological polar surface area (TPSA) is 62.3 Å². The van der Waals surface area contributed by atoms with E-state index in [2.05, 4.69) is 4.98 Å². The van der Waals surface area contributed by atoms with E-state index in [1.807, 2.05) is 0 Å². The number of amides is 2. The second-order valence-electron chi connectivity index (χ2n) is 6.31. The summed E-state index contributed by atoms with van der Waals surface area (Å²) in [5.74, 6) is -41.3. The number of aromatic nitrogens is 1. The number of aryl methyl sites for hydroxylation is 1. The first kappa shape index (κ1) is 27.8. The number of thiazole rings is 1. The molecule has 0 aliphatic heterocycles. The van der Waals surface area contributed by atoms with E-state index in [1.54, 1.807) is 0 Å². The molecule has 0 aliphatic rings. The van der Waals surface area contributed by atoms with E-state index in [0.717, 1.165) is 17.1 Å². The minimum atomic E-state index is -7.83. The Hall–Kier alpha value is -2.27. The van der Waals surface area contributed by atoms with Gasteiger partial charge in [-0.1, -0.05) is 11.3 Å². The van der Waals surface area contributed by atoms with Crippen LogP contribution in [0.4, 0.5) is 57.8 Å². The lowest BCUT2D eigenvalue weighted by atomic mass is 9.94. The van der Waals surface area contributed by atoms with Crippen LogP contribution in [0.3, 0.4) is 0 Å². The van der Waals surface area contributed by atoms with E-state index in [0.29, 0.717) is 0 Å². The van der Waals surface area contributed by atoms with Crippen molar-refractivity contribution < 1.29 is 62.3 Å². The van der Waals surface area contributed by atoms with Crippen LogP contribution in [0.15, 0.2) is 0 Å². The molecule has 184 valence electrons. The zero-order valence-electron chi connectivity index (χ0n) is 15.7. The third-order valence-corrected chi connectivity index (χ3v) is 4.84. The highest BCUT2D eigenvalue weighted by atomic mass is 32.1. The van der Waals surface area contributed by atoms with Gasteiger partial charge >= 0.3 is 41.9 Å². The Morgan fingerprint density at radius 3 is 1.78 bits per heavy atom. The molecule has 0 aliphatic carbocycles. The van der Waals surface area contributed by atoms with Crippen molar-refractivity contribution >= 4 is 28.3 Å². The van der Waals surface area contributed by atoms with E-state index in [9.17, 15) is 62.3 Å². The summed E-state index contributed by atoms with van der Waals surface area (Å²) in [6.07, 6.45) is -5.65. The summed E-state index contributed by atoms with van der Waals surface area (Å²) in [4.78, 5) is 27.2. The first-order chi connectivity index (χ1) is 14.1. The number of nitrogens with zero attached hydrogens (tertiary/aromatic N) is 2. The van der Waals surface area contributed by atoms with Gasteiger partial charge in [-0.05, 0) is 6.92 Å². The van der Waals surface area contributed by atoms with Gasteiger partial charge in [0.05, 0.1) is 5.69 Å². The summed E-state index contributed by atoms with van der Waals surface area (Å²) in [7, 11) is 2.46. The number of carbonyl (C=O) groups is 2. The van der Waals surface area contributed by atoms with Crippen LogP contribution in [0, 0.1) is 6.92 Å². The largest absolute Gasteiger partial charge is 0.393 e. The molecule has 0 spiro atoms. The summed E-state index contributed by atoms with van der Waals surface area (Å²) in [6.45, 7) is 1.09. The number of anilines is 1. The van der Waals surface area contributed by atoms with Crippen molar-refractivity contribution in [3.8, 4) is 0 Å². The van der Waals surface area contributed by atoms with Gasteiger partial charge < -0.3 is 4.90 Å². The number of carbonyl (C=O) groups excluding carboxylic acids is 2. The maximum Gasteiger partial charge on any atom is 0.393 e. The first-order valence-corrected chi connectivity index (χ1v) is 8.56. The van der Waals surface area contributed by atoms with Gasteiger partial charge in [0, 0.05) is 14.1 Å². The molecular formula is C14H11F12N3O2S. The molecule has 0 saturated carbocycles. The van der Waals surface area contributed by atoms with Gasteiger partial charge in [-0.3, -0.25) is 14.9 Å². The normalized spacial score (nSPS) is 14.0. The van der Waals surface area contributed by atoms with Gasteiger partial charge in [0.15, 0.2) is 5.13 Å². The predicted octanol–water partition coefficient (Wildman–Crippen LogP) is 4.53. The average Bonchev–Trinajstić information content (AvgIpc) is 2.99. The van der Waals surface area contributed by atoms with Crippen molar-refractivity contribution in [1.29, 1.82) is 0 Å². The number of hydrogen-bond acceptors (Lipinski definition) is 4. The summed E-state index contributed by atoms with van der Waals surface area (Å²) in [5, 5.41) is -0.158. The molecule has 0 unspecified atom stereocenters. The Morgan fingerprint density at radius 2 is 1.38 bits per heavy atom. The van der Waals surface area contributed by atoms with Gasteiger partial charge in [0.25, 0.3) is 5.91 Å². The van der Waals surface area contributed by atoms with Crippen LogP contribution in [0.25, 0.3) is 0 Å². The molecule has 1 N–H and O–H groups in total. The minimum Gasteiger partial charge on any atom is -0.344 e. The average molecular weight is 513 g/mol. The molecule has 18 heteroatoms. The second kappa shape index (κ2) is 8.26. The summed E-state index contributed by atoms with van der Waals surface area (Å²) in [6, 6.07) is 0. The van der Waals surface area contributed by atoms with Crippen LogP contribution in [0.2, 0.25) is 0 Å². The molecule has 1 heterocycles. The molecular weight excluding hydrogens is 502 g/mol. The molecule has 1 aromatic rings. The van der Waals surface area contributed by atoms with Crippen LogP contribution < -0.4 is 5.32 Å². The van der Waals surface area contributed by atoms with Gasteiger partial charge in [-0.2, -0.15) is 43.9 Å². The van der Waals surface area contributed by atoms with Crippen molar-refractivity contribution in [3.63, 3.8) is 0 Å². The van der Waals surface area contributed by atoms with Crippen LogP contribution in [-0.4, -0.2) is 71.8 Å². The molecule has 1 rings (SSSR count). The maximum absolute atomic E-state index is 13.8. The number of nitrogens with one attached hydrogen (secondary N) is 1. The standard InChI is InChI=1S/C14H11F12N3O2S/c1-4-5(6(30)29(2)3)32-9(27-4)28-8(31)11(19,20)13(23,24)14(25,26)12(21,22)10(17,18)7(15)16/h7H,1-3H3,(H,27,28,31). The van der Waals surface area contributed by atoms with Gasteiger partial charge in [0.1, 0.15) is 4.88 Å². The highest BCUT2D eigenvalue weighted by molar-refractivity contribution is 7.17. The molecule has 5 nitrogen and oxygen atoms in total. The molecule has 0 atom stereocenters. The summed E-state index contributed by atoms with van der Waals surface area (Å²) in [5.41, 5.74) is -0.243.